The zero-order valence-corrected chi connectivity index (χ0v) is 13.0. The van der Waals surface area contributed by atoms with Crippen LogP contribution in [0.25, 0.3) is 0 Å². The lowest BCUT2D eigenvalue weighted by molar-refractivity contribution is 0.412. The lowest BCUT2D eigenvalue weighted by Crippen LogP contribution is -2.35. The van der Waals surface area contributed by atoms with Gasteiger partial charge in [-0.15, -0.1) is 24.0 Å². The van der Waals surface area contributed by atoms with Gasteiger partial charge >= 0.3 is 0 Å². The second-order valence-corrected chi connectivity index (χ2v) is 4.21. The van der Waals surface area contributed by atoms with Crippen LogP contribution in [0.4, 0.5) is 0 Å². The Balaban J connectivity index is 0.00000162. The minimum Gasteiger partial charge on any atom is -0.495 e. The van der Waals surface area contributed by atoms with E-state index in [0.717, 1.165) is 11.4 Å². The van der Waals surface area contributed by atoms with Gasteiger partial charge in [-0.2, -0.15) is 0 Å². The third-order valence-electron chi connectivity index (χ3n) is 2.89. The van der Waals surface area contributed by atoms with Crippen molar-refractivity contribution in [3.8, 4) is 5.75 Å². The number of halogens is 1. The van der Waals surface area contributed by atoms with Crippen molar-refractivity contribution >= 4 is 29.9 Å². The van der Waals surface area contributed by atoms with Crippen LogP contribution in [0, 0.1) is 0 Å². The Labute approximate surface area is 124 Å². The van der Waals surface area contributed by atoms with Gasteiger partial charge in [0.25, 0.3) is 0 Å². The number of pyridine rings is 1. The Morgan fingerprint density at radius 3 is 2.78 bits per heavy atom. The van der Waals surface area contributed by atoms with Crippen LogP contribution in [0.2, 0.25) is 0 Å². The number of aliphatic imine (C=N–C) groups is 1. The van der Waals surface area contributed by atoms with E-state index in [0.29, 0.717) is 18.5 Å². The highest BCUT2D eigenvalue weighted by Gasteiger charge is 2.27. The number of ether oxygens (including phenoxy) is 1. The molecule has 6 heteroatoms. The van der Waals surface area contributed by atoms with Gasteiger partial charge < -0.3 is 15.4 Å². The molecule has 5 nitrogen and oxygen atoms in total. The molecule has 2 N–H and O–H groups in total. The van der Waals surface area contributed by atoms with Crippen molar-refractivity contribution in [3.05, 3.63) is 24.0 Å². The molecule has 0 saturated heterocycles. The van der Waals surface area contributed by atoms with Crippen LogP contribution in [0.15, 0.2) is 23.3 Å². The van der Waals surface area contributed by atoms with E-state index in [1.807, 2.05) is 24.1 Å². The van der Waals surface area contributed by atoms with Gasteiger partial charge in [0.1, 0.15) is 5.75 Å². The molecule has 1 aliphatic rings. The predicted octanol–water partition coefficient (Wildman–Crippen LogP) is 1.62. The molecule has 1 aromatic rings. The van der Waals surface area contributed by atoms with E-state index in [-0.39, 0.29) is 24.0 Å². The Hall–Kier alpha value is -1.05. The lowest BCUT2D eigenvalue weighted by atomic mass is 10.3. The Kier molecular flexibility index (Phi) is 5.64. The summed E-state index contributed by atoms with van der Waals surface area (Å²) in [5.41, 5.74) is 6.77. The van der Waals surface area contributed by atoms with Gasteiger partial charge in [0, 0.05) is 13.1 Å². The quantitative estimate of drug-likeness (QED) is 0.502. The first-order valence-corrected chi connectivity index (χ1v) is 5.72. The predicted molar refractivity (Wildman–Crippen MR) is 82.3 cm³/mol. The summed E-state index contributed by atoms with van der Waals surface area (Å²) < 4.78 is 5.04. The molecule has 1 aliphatic carbocycles. The van der Waals surface area contributed by atoms with Crippen molar-refractivity contribution < 1.29 is 4.74 Å². The fraction of sp³-hybridized carbons (Fsp3) is 0.500. The van der Waals surface area contributed by atoms with Gasteiger partial charge in [-0.25, -0.2) is 4.99 Å². The average Bonchev–Trinajstić information content (AvgIpc) is 3.20. The number of methoxy groups -OCH3 is 1. The minimum atomic E-state index is 0. The highest BCUT2D eigenvalue weighted by molar-refractivity contribution is 14.0. The minimum absolute atomic E-state index is 0. The Bertz CT molecular complexity index is 403. The lowest BCUT2D eigenvalue weighted by Gasteiger charge is -2.16. The molecule has 0 aromatic carbocycles. The largest absolute Gasteiger partial charge is 0.495 e. The molecule has 0 aliphatic heterocycles. The van der Waals surface area contributed by atoms with Crippen LogP contribution in [0.5, 0.6) is 5.75 Å². The van der Waals surface area contributed by atoms with Crippen LogP contribution in [-0.4, -0.2) is 36.0 Å². The van der Waals surface area contributed by atoms with Gasteiger partial charge in [-0.1, -0.05) is 0 Å². The van der Waals surface area contributed by atoms with Crippen LogP contribution >= 0.6 is 24.0 Å². The molecule has 1 heterocycles. The van der Waals surface area contributed by atoms with E-state index in [1.165, 1.54) is 12.8 Å². The van der Waals surface area contributed by atoms with Gasteiger partial charge in [-0.3, -0.25) is 4.98 Å². The second kappa shape index (κ2) is 6.77. The molecule has 1 saturated carbocycles. The SMILES string of the molecule is COc1ccc(CN=C(N)N(C)C2CC2)nc1.I. The van der Waals surface area contributed by atoms with Crippen molar-refractivity contribution in [1.29, 1.82) is 0 Å². The first-order valence-electron chi connectivity index (χ1n) is 5.72. The molecule has 100 valence electrons. The molecule has 1 fully saturated rings. The first kappa shape index (κ1) is 15.0. The van der Waals surface area contributed by atoms with Crippen LogP contribution in [0.3, 0.4) is 0 Å². The zero-order valence-electron chi connectivity index (χ0n) is 10.7. The summed E-state index contributed by atoms with van der Waals surface area (Å²) in [5.74, 6) is 1.34. The van der Waals surface area contributed by atoms with E-state index < -0.39 is 0 Å². The van der Waals surface area contributed by atoms with Gasteiger partial charge in [0.2, 0.25) is 0 Å². The number of nitrogens with two attached hydrogens (primary N) is 1. The third-order valence-corrected chi connectivity index (χ3v) is 2.89. The highest BCUT2D eigenvalue weighted by atomic mass is 127. The van der Waals surface area contributed by atoms with Gasteiger partial charge in [0.05, 0.1) is 25.5 Å². The summed E-state index contributed by atoms with van der Waals surface area (Å²) in [4.78, 5) is 10.6. The molecule has 1 aromatic heterocycles. The van der Waals surface area contributed by atoms with E-state index >= 15 is 0 Å². The van der Waals surface area contributed by atoms with Crippen LogP contribution < -0.4 is 10.5 Å². The van der Waals surface area contributed by atoms with Gasteiger partial charge in [-0.05, 0) is 25.0 Å². The molecule has 0 amide bonds. The summed E-state index contributed by atoms with van der Waals surface area (Å²) in [6.45, 7) is 0.507. The second-order valence-electron chi connectivity index (χ2n) is 4.21. The number of nitrogens with zero attached hydrogens (tertiary/aromatic N) is 3. The van der Waals surface area contributed by atoms with Crippen molar-refractivity contribution in [2.24, 2.45) is 10.7 Å². The molecular formula is C12H19IN4O. The number of rotatable bonds is 4. The monoisotopic (exact) mass is 362 g/mol. The molecular weight excluding hydrogens is 343 g/mol. The summed E-state index contributed by atoms with van der Waals surface area (Å²) in [7, 11) is 3.61. The fourth-order valence-corrected chi connectivity index (χ4v) is 1.55. The van der Waals surface area contributed by atoms with Crippen LogP contribution in [-0.2, 0) is 6.54 Å². The van der Waals surface area contributed by atoms with Crippen LogP contribution in [0.1, 0.15) is 18.5 Å². The Morgan fingerprint density at radius 2 is 2.28 bits per heavy atom. The zero-order chi connectivity index (χ0) is 12.3. The molecule has 0 radical (unpaired) electrons. The molecule has 0 atom stereocenters. The summed E-state index contributed by atoms with van der Waals surface area (Å²) in [6.07, 6.45) is 4.12. The highest BCUT2D eigenvalue weighted by Crippen LogP contribution is 2.24. The van der Waals surface area contributed by atoms with E-state index in [4.69, 9.17) is 10.5 Å². The van der Waals surface area contributed by atoms with Gasteiger partial charge in [0.15, 0.2) is 5.96 Å². The van der Waals surface area contributed by atoms with Crippen molar-refractivity contribution in [2.75, 3.05) is 14.2 Å². The average molecular weight is 362 g/mol. The van der Waals surface area contributed by atoms with Crippen molar-refractivity contribution in [1.82, 2.24) is 9.88 Å². The van der Waals surface area contributed by atoms with Crippen molar-refractivity contribution in [3.63, 3.8) is 0 Å². The summed E-state index contributed by atoms with van der Waals surface area (Å²) in [5, 5.41) is 0. The fourth-order valence-electron chi connectivity index (χ4n) is 1.55. The smallest absolute Gasteiger partial charge is 0.191 e. The molecule has 18 heavy (non-hydrogen) atoms. The summed E-state index contributed by atoms with van der Waals surface area (Å²) >= 11 is 0. The molecule has 0 bridgehead atoms. The Morgan fingerprint density at radius 1 is 1.56 bits per heavy atom. The topological polar surface area (TPSA) is 63.7 Å². The van der Waals surface area contributed by atoms with E-state index in [2.05, 4.69) is 9.98 Å². The molecule has 2 rings (SSSR count). The maximum absolute atomic E-state index is 5.89. The third kappa shape index (κ3) is 4.01. The number of hydrogen-bond donors (Lipinski definition) is 1. The number of aromatic nitrogens is 1. The number of guanidine groups is 1. The molecule has 0 unspecified atom stereocenters. The standard InChI is InChI=1S/C12H18N4O.HI/c1-16(10-4-5-10)12(13)15-7-9-3-6-11(17-2)8-14-9;/h3,6,8,10H,4-5,7H2,1-2H3,(H2,13,15);1H. The van der Waals surface area contributed by atoms with E-state index in [9.17, 15) is 0 Å². The maximum atomic E-state index is 5.89. The van der Waals surface area contributed by atoms with E-state index in [1.54, 1.807) is 13.3 Å². The molecule has 0 spiro atoms. The first-order chi connectivity index (χ1) is 8.20. The van der Waals surface area contributed by atoms with Crippen molar-refractivity contribution in [2.45, 2.75) is 25.4 Å². The maximum Gasteiger partial charge on any atom is 0.191 e. The normalized spacial score (nSPS) is 14.9. The summed E-state index contributed by atoms with van der Waals surface area (Å²) in [6, 6.07) is 4.35. The number of hydrogen-bond acceptors (Lipinski definition) is 3.